The predicted octanol–water partition coefficient (Wildman–Crippen LogP) is 15.5. The molecular weight excluding hydrogens is 803 g/mol. The summed E-state index contributed by atoms with van der Waals surface area (Å²) in [5.74, 6) is 0.625. The molecule has 0 saturated carbocycles. The van der Waals surface area contributed by atoms with E-state index in [9.17, 15) is 5.26 Å². The molecule has 5 heteroatoms. The molecule has 66 heavy (non-hydrogen) atoms. The van der Waals surface area contributed by atoms with Gasteiger partial charge in [-0.15, -0.1) is 0 Å². The van der Waals surface area contributed by atoms with E-state index < -0.39 is 0 Å². The maximum absolute atomic E-state index is 11.7. The van der Waals surface area contributed by atoms with Crippen LogP contribution in [-0.4, -0.2) is 19.1 Å². The van der Waals surface area contributed by atoms with E-state index in [0.29, 0.717) is 11.4 Å². The first-order chi connectivity index (χ1) is 32.5. The average molecular weight is 844 g/mol. The van der Waals surface area contributed by atoms with E-state index in [1.807, 2.05) is 36.4 Å². The van der Waals surface area contributed by atoms with Crippen LogP contribution in [0.25, 0.3) is 111 Å². The molecule has 0 radical (unpaired) electrons. The van der Waals surface area contributed by atoms with E-state index in [1.165, 1.54) is 22.3 Å². The lowest BCUT2D eigenvalue weighted by atomic mass is 10.0. The van der Waals surface area contributed by atoms with E-state index in [-0.39, 0.29) is 0 Å². The molecular formula is C61H41N5. The molecule has 0 spiro atoms. The summed E-state index contributed by atoms with van der Waals surface area (Å²) in [4.78, 5) is 10.5. The molecule has 0 N–H and O–H groups in total. The van der Waals surface area contributed by atoms with E-state index in [0.717, 1.165) is 94.2 Å². The summed E-state index contributed by atoms with van der Waals surface area (Å²) in [5, 5.41) is 16.1. The van der Waals surface area contributed by atoms with Crippen LogP contribution in [-0.2, 0) is 0 Å². The van der Waals surface area contributed by atoms with Gasteiger partial charge in [0.15, 0.2) is 5.82 Å². The highest BCUT2D eigenvalue weighted by atomic mass is 15.0. The second-order valence-electron chi connectivity index (χ2n) is 17.1. The van der Waals surface area contributed by atoms with Crippen molar-refractivity contribution >= 4 is 43.6 Å². The molecule has 0 bridgehead atoms. The standard InChI is InChI=1S/C61H41N5/c1-39-15-13-21-43(31-39)45-27-29-57-50(33-45)48-23-9-11-25-55(48)65(57)59-35-47(54-37-53(41-17-5-3-6-18-41)63-61(64-54)42-19-7-4-8-20-42)36-60(52(59)38-62)66-56-26-12-10-24-49(56)51-34-46(28-30-58(51)66)44-22-14-16-40(2)32-44/h3-37H,1-2H3. The van der Waals surface area contributed by atoms with E-state index in [1.54, 1.807) is 0 Å². The van der Waals surface area contributed by atoms with Gasteiger partial charge in [-0.1, -0.05) is 169 Å². The number of nitriles is 1. The largest absolute Gasteiger partial charge is 0.308 e. The van der Waals surface area contributed by atoms with E-state index in [4.69, 9.17) is 9.97 Å². The maximum Gasteiger partial charge on any atom is 0.160 e. The zero-order valence-electron chi connectivity index (χ0n) is 36.4. The molecule has 9 aromatic carbocycles. The van der Waals surface area contributed by atoms with Gasteiger partial charge >= 0.3 is 0 Å². The predicted molar refractivity (Wildman–Crippen MR) is 272 cm³/mol. The van der Waals surface area contributed by atoms with Crippen molar-refractivity contribution in [3.63, 3.8) is 0 Å². The molecule has 0 aliphatic heterocycles. The fourth-order valence-electron chi connectivity index (χ4n) is 9.77. The van der Waals surface area contributed by atoms with Gasteiger partial charge in [-0.25, -0.2) is 9.97 Å². The zero-order valence-corrected chi connectivity index (χ0v) is 36.4. The Kier molecular flexibility index (Phi) is 9.25. The molecule has 0 atom stereocenters. The lowest BCUT2D eigenvalue weighted by Gasteiger charge is -2.19. The molecule has 3 aromatic heterocycles. The molecule has 3 heterocycles. The summed E-state index contributed by atoms with van der Waals surface area (Å²) in [6.07, 6.45) is 0. The third-order valence-electron chi connectivity index (χ3n) is 12.9. The summed E-state index contributed by atoms with van der Waals surface area (Å²) in [6.45, 7) is 4.26. The normalized spacial score (nSPS) is 11.5. The molecule has 0 fully saturated rings. The number of aryl methyl sites for hydroxylation is 2. The third-order valence-corrected chi connectivity index (χ3v) is 12.9. The molecule has 310 valence electrons. The monoisotopic (exact) mass is 843 g/mol. The van der Waals surface area contributed by atoms with Crippen molar-refractivity contribution < 1.29 is 0 Å². The second-order valence-corrected chi connectivity index (χ2v) is 17.1. The first-order valence-electron chi connectivity index (χ1n) is 22.3. The molecule has 0 aliphatic carbocycles. The van der Waals surface area contributed by atoms with Gasteiger partial charge in [-0.05, 0) is 90.7 Å². The second kappa shape index (κ2) is 15.7. The number of hydrogen-bond acceptors (Lipinski definition) is 3. The van der Waals surface area contributed by atoms with Gasteiger partial charge in [0.25, 0.3) is 0 Å². The fraction of sp³-hybridized carbons (Fsp3) is 0.0328. The van der Waals surface area contributed by atoms with E-state index in [2.05, 4.69) is 205 Å². The minimum absolute atomic E-state index is 0.551. The summed E-state index contributed by atoms with van der Waals surface area (Å²) in [7, 11) is 0. The van der Waals surface area contributed by atoms with Crippen LogP contribution >= 0.6 is 0 Å². The van der Waals surface area contributed by atoms with Gasteiger partial charge in [0, 0.05) is 38.2 Å². The van der Waals surface area contributed by atoms with Gasteiger partial charge < -0.3 is 9.13 Å². The van der Waals surface area contributed by atoms with Crippen molar-refractivity contribution in [1.29, 1.82) is 5.26 Å². The van der Waals surface area contributed by atoms with Crippen molar-refractivity contribution in [2.24, 2.45) is 0 Å². The fourth-order valence-corrected chi connectivity index (χ4v) is 9.77. The summed E-state index contributed by atoms with van der Waals surface area (Å²) in [6, 6.07) is 77.3. The minimum atomic E-state index is 0.551. The summed E-state index contributed by atoms with van der Waals surface area (Å²) in [5.41, 5.74) is 17.5. The highest BCUT2D eigenvalue weighted by Crippen LogP contribution is 2.42. The molecule has 12 aromatic rings. The van der Waals surface area contributed by atoms with Crippen molar-refractivity contribution in [2.75, 3.05) is 0 Å². The number of fused-ring (bicyclic) bond motifs is 6. The number of nitrogens with zero attached hydrogens (tertiary/aromatic N) is 5. The molecule has 0 saturated heterocycles. The summed E-state index contributed by atoms with van der Waals surface area (Å²) < 4.78 is 4.55. The van der Waals surface area contributed by atoms with Gasteiger partial charge in [0.1, 0.15) is 11.6 Å². The Morgan fingerprint density at radius 3 is 1.27 bits per heavy atom. The van der Waals surface area contributed by atoms with E-state index >= 15 is 0 Å². The average Bonchev–Trinajstić information content (AvgIpc) is 3.88. The van der Waals surface area contributed by atoms with Crippen LogP contribution in [0.2, 0.25) is 0 Å². The van der Waals surface area contributed by atoms with Gasteiger partial charge in [-0.2, -0.15) is 5.26 Å². The highest BCUT2D eigenvalue weighted by molar-refractivity contribution is 6.12. The zero-order chi connectivity index (χ0) is 44.3. The Morgan fingerprint density at radius 1 is 0.348 bits per heavy atom. The van der Waals surface area contributed by atoms with Crippen LogP contribution in [0, 0.1) is 25.2 Å². The van der Waals surface area contributed by atoms with Crippen LogP contribution < -0.4 is 0 Å². The Morgan fingerprint density at radius 2 is 0.773 bits per heavy atom. The third kappa shape index (κ3) is 6.55. The van der Waals surface area contributed by atoms with Crippen LogP contribution in [0.4, 0.5) is 0 Å². The molecule has 0 amide bonds. The molecule has 0 unspecified atom stereocenters. The summed E-state index contributed by atoms with van der Waals surface area (Å²) >= 11 is 0. The van der Waals surface area contributed by atoms with Crippen LogP contribution in [0.1, 0.15) is 16.7 Å². The number of benzene rings is 9. The molecule has 5 nitrogen and oxygen atoms in total. The van der Waals surface area contributed by atoms with Crippen LogP contribution in [0.3, 0.4) is 0 Å². The molecule has 12 rings (SSSR count). The Balaban J connectivity index is 1.18. The van der Waals surface area contributed by atoms with Crippen molar-refractivity contribution in [3.8, 4) is 73.6 Å². The Hall–Kier alpha value is -8.85. The van der Waals surface area contributed by atoms with Crippen molar-refractivity contribution in [1.82, 2.24) is 19.1 Å². The van der Waals surface area contributed by atoms with Crippen molar-refractivity contribution in [3.05, 3.63) is 229 Å². The lowest BCUT2D eigenvalue weighted by molar-refractivity contribution is 1.11. The van der Waals surface area contributed by atoms with Crippen molar-refractivity contribution in [2.45, 2.75) is 13.8 Å². The first kappa shape index (κ1) is 38.8. The van der Waals surface area contributed by atoms with Crippen LogP contribution in [0.5, 0.6) is 0 Å². The van der Waals surface area contributed by atoms with Gasteiger partial charge in [0.2, 0.25) is 0 Å². The smallest absolute Gasteiger partial charge is 0.160 e. The maximum atomic E-state index is 11.7. The Bertz CT molecular complexity index is 3660. The SMILES string of the molecule is Cc1cccc(-c2ccc3c(c2)c2ccccc2n3-c2cc(-c3cc(-c4ccccc4)nc(-c4ccccc4)n3)cc(-n3c4ccccc4c4cc(-c5cccc(C)c5)ccc43)c2C#N)c1. The van der Waals surface area contributed by atoms with Gasteiger partial charge in [0.05, 0.1) is 44.8 Å². The van der Waals surface area contributed by atoms with Crippen LogP contribution in [0.15, 0.2) is 212 Å². The topological polar surface area (TPSA) is 59.4 Å². The minimum Gasteiger partial charge on any atom is -0.308 e. The number of hydrogen-bond donors (Lipinski definition) is 0. The molecule has 0 aliphatic rings. The highest BCUT2D eigenvalue weighted by Gasteiger charge is 2.24. The Labute approximate surface area is 382 Å². The number of rotatable bonds is 7. The number of para-hydroxylation sites is 2. The van der Waals surface area contributed by atoms with Gasteiger partial charge in [-0.3, -0.25) is 0 Å². The lowest BCUT2D eigenvalue weighted by Crippen LogP contribution is -2.06. The number of aromatic nitrogens is 4. The quantitative estimate of drug-likeness (QED) is 0.161. The first-order valence-corrected chi connectivity index (χ1v) is 22.3.